The van der Waals surface area contributed by atoms with Crippen LogP contribution < -0.4 is 0 Å². The number of fused-ring (bicyclic) bond motifs is 3. The second kappa shape index (κ2) is 6.59. The summed E-state index contributed by atoms with van der Waals surface area (Å²) in [5.74, 6) is 0. The van der Waals surface area contributed by atoms with Gasteiger partial charge >= 0.3 is 0 Å². The van der Waals surface area contributed by atoms with Crippen molar-refractivity contribution < 1.29 is 0 Å². The van der Waals surface area contributed by atoms with Crippen molar-refractivity contribution in [3.8, 4) is 0 Å². The highest BCUT2D eigenvalue weighted by Gasteiger charge is 2.19. The van der Waals surface area contributed by atoms with Crippen LogP contribution in [0.15, 0.2) is 54.6 Å². The van der Waals surface area contributed by atoms with Crippen molar-refractivity contribution in [2.45, 2.75) is 32.2 Å². The summed E-state index contributed by atoms with van der Waals surface area (Å²) in [6.45, 7) is 3.48. The summed E-state index contributed by atoms with van der Waals surface area (Å²) in [5, 5.41) is 1.42. The lowest BCUT2D eigenvalue weighted by Crippen LogP contribution is -2.31. The van der Waals surface area contributed by atoms with Crippen LogP contribution in [-0.2, 0) is 19.4 Å². The largest absolute Gasteiger partial charge is 0.357 e. The number of aromatic nitrogens is 1. The maximum absolute atomic E-state index is 3.62. The van der Waals surface area contributed by atoms with Gasteiger partial charge in [-0.3, -0.25) is 4.90 Å². The number of H-pyrrole nitrogens is 1. The van der Waals surface area contributed by atoms with E-state index in [1.54, 1.807) is 5.56 Å². The van der Waals surface area contributed by atoms with Gasteiger partial charge in [-0.15, -0.1) is 0 Å². The van der Waals surface area contributed by atoms with Gasteiger partial charge in [-0.05, 0) is 49.4 Å². The van der Waals surface area contributed by atoms with Crippen molar-refractivity contribution in [1.82, 2.24) is 9.88 Å². The molecule has 23 heavy (non-hydrogen) atoms. The molecular formula is C21H24N2. The van der Waals surface area contributed by atoms with E-state index in [1.165, 1.54) is 60.9 Å². The van der Waals surface area contributed by atoms with Crippen LogP contribution in [0.1, 0.15) is 29.7 Å². The molecule has 0 saturated carbocycles. The summed E-state index contributed by atoms with van der Waals surface area (Å²) >= 11 is 0. The fourth-order valence-corrected chi connectivity index (χ4v) is 3.75. The molecule has 1 aromatic heterocycles. The first kappa shape index (κ1) is 14.5. The Morgan fingerprint density at radius 3 is 2.65 bits per heavy atom. The number of hydrogen-bond acceptors (Lipinski definition) is 1. The van der Waals surface area contributed by atoms with Crippen molar-refractivity contribution in [1.29, 1.82) is 0 Å². The summed E-state index contributed by atoms with van der Waals surface area (Å²) in [5.41, 5.74) is 5.73. The zero-order chi connectivity index (χ0) is 15.5. The molecule has 118 valence electrons. The Balaban J connectivity index is 1.32. The van der Waals surface area contributed by atoms with E-state index in [0.29, 0.717) is 0 Å². The average Bonchev–Trinajstić information content (AvgIpc) is 2.97. The molecule has 1 aliphatic heterocycles. The molecule has 2 heterocycles. The molecule has 2 nitrogen and oxygen atoms in total. The van der Waals surface area contributed by atoms with Crippen molar-refractivity contribution in [2.75, 3.05) is 13.1 Å². The van der Waals surface area contributed by atoms with Crippen LogP contribution in [0.3, 0.4) is 0 Å². The van der Waals surface area contributed by atoms with E-state index in [4.69, 9.17) is 0 Å². The van der Waals surface area contributed by atoms with Crippen LogP contribution in [0.2, 0.25) is 0 Å². The molecule has 1 N–H and O–H groups in total. The van der Waals surface area contributed by atoms with E-state index < -0.39 is 0 Å². The summed E-state index contributed by atoms with van der Waals surface area (Å²) in [6, 6.07) is 19.5. The third-order valence-corrected chi connectivity index (χ3v) is 4.99. The summed E-state index contributed by atoms with van der Waals surface area (Å²) in [4.78, 5) is 6.22. The monoisotopic (exact) mass is 304 g/mol. The fraction of sp³-hybridized carbons (Fsp3) is 0.333. The highest BCUT2D eigenvalue weighted by molar-refractivity contribution is 5.84. The van der Waals surface area contributed by atoms with Gasteiger partial charge in [0.2, 0.25) is 0 Å². The molecule has 0 spiro atoms. The van der Waals surface area contributed by atoms with Crippen LogP contribution in [0.25, 0.3) is 10.9 Å². The number of hydrogen-bond donors (Lipinski definition) is 1. The SMILES string of the molecule is c1ccc(CCCCN2CCc3c([nH]c4ccccc34)C2)cc1. The second-order valence-electron chi connectivity index (χ2n) is 6.60. The summed E-state index contributed by atoms with van der Waals surface area (Å²) < 4.78 is 0. The van der Waals surface area contributed by atoms with Gasteiger partial charge < -0.3 is 4.98 Å². The Bertz CT molecular complexity index is 773. The first-order chi connectivity index (χ1) is 11.4. The molecule has 0 unspecified atom stereocenters. The van der Waals surface area contributed by atoms with Gasteiger partial charge in [0.25, 0.3) is 0 Å². The Hall–Kier alpha value is -2.06. The lowest BCUT2D eigenvalue weighted by molar-refractivity contribution is 0.247. The van der Waals surface area contributed by atoms with E-state index in [0.717, 1.165) is 6.54 Å². The number of aryl methyl sites for hydroxylation is 1. The zero-order valence-electron chi connectivity index (χ0n) is 13.6. The molecule has 3 aromatic rings. The molecule has 2 aromatic carbocycles. The maximum Gasteiger partial charge on any atom is 0.0459 e. The third-order valence-electron chi connectivity index (χ3n) is 4.99. The summed E-state index contributed by atoms with van der Waals surface area (Å²) in [7, 11) is 0. The number of para-hydroxylation sites is 1. The van der Waals surface area contributed by atoms with Gasteiger partial charge in [0, 0.05) is 29.7 Å². The van der Waals surface area contributed by atoms with E-state index in [1.807, 2.05) is 0 Å². The minimum absolute atomic E-state index is 1.08. The van der Waals surface area contributed by atoms with Gasteiger partial charge in [-0.25, -0.2) is 0 Å². The van der Waals surface area contributed by atoms with Gasteiger partial charge in [0.1, 0.15) is 0 Å². The highest BCUT2D eigenvalue weighted by Crippen LogP contribution is 2.27. The number of rotatable bonds is 5. The van der Waals surface area contributed by atoms with Crippen molar-refractivity contribution in [3.63, 3.8) is 0 Å². The minimum Gasteiger partial charge on any atom is -0.357 e. The van der Waals surface area contributed by atoms with Crippen molar-refractivity contribution in [2.24, 2.45) is 0 Å². The molecule has 0 amide bonds. The Morgan fingerprint density at radius 1 is 0.913 bits per heavy atom. The Labute approximate surface area is 138 Å². The van der Waals surface area contributed by atoms with E-state index in [9.17, 15) is 0 Å². The molecule has 2 heteroatoms. The second-order valence-corrected chi connectivity index (χ2v) is 6.60. The molecule has 0 atom stereocenters. The van der Waals surface area contributed by atoms with Crippen molar-refractivity contribution in [3.05, 3.63) is 71.4 Å². The lowest BCUT2D eigenvalue weighted by Gasteiger charge is -2.26. The molecule has 4 rings (SSSR count). The van der Waals surface area contributed by atoms with Crippen LogP contribution in [0, 0.1) is 0 Å². The molecule has 0 fully saturated rings. The van der Waals surface area contributed by atoms with E-state index >= 15 is 0 Å². The molecule has 0 aliphatic carbocycles. The fourth-order valence-electron chi connectivity index (χ4n) is 3.75. The first-order valence-corrected chi connectivity index (χ1v) is 8.75. The van der Waals surface area contributed by atoms with Crippen LogP contribution in [0.5, 0.6) is 0 Å². The highest BCUT2D eigenvalue weighted by atomic mass is 15.1. The predicted octanol–water partition coefficient (Wildman–Crippen LogP) is 4.55. The normalized spacial score (nSPS) is 15.0. The number of benzene rings is 2. The lowest BCUT2D eigenvalue weighted by atomic mass is 10.0. The third kappa shape index (κ3) is 3.18. The van der Waals surface area contributed by atoms with E-state index in [-0.39, 0.29) is 0 Å². The van der Waals surface area contributed by atoms with Gasteiger partial charge in [-0.1, -0.05) is 48.5 Å². The molecular weight excluding hydrogens is 280 g/mol. The summed E-state index contributed by atoms with van der Waals surface area (Å²) in [6.07, 6.45) is 4.94. The molecule has 0 saturated heterocycles. The van der Waals surface area contributed by atoms with Gasteiger partial charge in [-0.2, -0.15) is 0 Å². The smallest absolute Gasteiger partial charge is 0.0459 e. The van der Waals surface area contributed by atoms with Crippen molar-refractivity contribution >= 4 is 10.9 Å². The average molecular weight is 304 g/mol. The molecule has 0 radical (unpaired) electrons. The number of nitrogens with one attached hydrogen (secondary N) is 1. The van der Waals surface area contributed by atoms with E-state index in [2.05, 4.69) is 64.5 Å². The molecule has 0 bridgehead atoms. The first-order valence-electron chi connectivity index (χ1n) is 8.75. The minimum atomic E-state index is 1.08. The number of nitrogens with zero attached hydrogens (tertiary/aromatic N) is 1. The molecule has 1 aliphatic rings. The Kier molecular flexibility index (Phi) is 4.16. The van der Waals surface area contributed by atoms with Crippen LogP contribution >= 0.6 is 0 Å². The maximum atomic E-state index is 3.62. The van der Waals surface area contributed by atoms with Gasteiger partial charge in [0.05, 0.1) is 0 Å². The Morgan fingerprint density at radius 2 is 1.74 bits per heavy atom. The predicted molar refractivity (Wildman–Crippen MR) is 96.7 cm³/mol. The topological polar surface area (TPSA) is 19.0 Å². The standard InChI is InChI=1S/C21H24N2/c1-2-8-17(9-3-1)10-6-7-14-23-15-13-19-18-11-4-5-12-20(18)22-21(19)16-23/h1-5,8-9,11-12,22H,6-7,10,13-16H2. The quantitative estimate of drug-likeness (QED) is 0.685. The zero-order valence-corrected chi connectivity index (χ0v) is 13.6. The van der Waals surface area contributed by atoms with Gasteiger partial charge in [0.15, 0.2) is 0 Å². The number of aromatic amines is 1. The van der Waals surface area contributed by atoms with Crippen LogP contribution in [-0.4, -0.2) is 23.0 Å². The number of unbranched alkanes of at least 4 members (excludes halogenated alkanes) is 1. The van der Waals surface area contributed by atoms with Crippen LogP contribution in [0.4, 0.5) is 0 Å².